The molecule has 0 radical (unpaired) electrons. The van der Waals surface area contributed by atoms with Crippen LogP contribution < -0.4 is 5.32 Å². The highest BCUT2D eigenvalue weighted by atomic mass is 35.5. The Morgan fingerprint density at radius 2 is 1.93 bits per heavy atom. The summed E-state index contributed by atoms with van der Waals surface area (Å²) in [5, 5.41) is 3.03. The number of halogens is 3. The molecule has 2 heterocycles. The normalized spacial score (nSPS) is 13.7. The van der Waals surface area contributed by atoms with Gasteiger partial charge in [0.1, 0.15) is 18.1 Å². The van der Waals surface area contributed by atoms with Crippen LogP contribution >= 0.6 is 23.2 Å². The molecular formula is C20H13Cl2FN2O3. The molecule has 0 bridgehead atoms. The second-order valence-electron chi connectivity index (χ2n) is 6.25. The van der Waals surface area contributed by atoms with Crippen molar-refractivity contribution in [3.8, 4) is 22.5 Å². The molecule has 0 unspecified atom stereocenters. The number of nitrogens with one attached hydrogen (secondary N) is 1. The number of hydrogen-bond acceptors (Lipinski definition) is 3. The smallest absolute Gasteiger partial charge is 0.291 e. The van der Waals surface area contributed by atoms with Crippen molar-refractivity contribution >= 4 is 35.0 Å². The minimum Gasteiger partial charge on any atom is -0.450 e. The number of rotatable bonds is 3. The number of hydrogen-bond donors (Lipinski definition) is 1. The molecule has 1 saturated heterocycles. The molecule has 2 amide bonds. The van der Waals surface area contributed by atoms with Crippen LogP contribution in [-0.4, -0.2) is 29.9 Å². The van der Waals surface area contributed by atoms with Crippen molar-refractivity contribution in [3.63, 3.8) is 0 Å². The maximum Gasteiger partial charge on any atom is 0.291 e. The summed E-state index contributed by atoms with van der Waals surface area (Å²) in [6.45, 7) is 0.0757. The Morgan fingerprint density at radius 3 is 2.61 bits per heavy atom. The molecule has 2 aromatic carbocycles. The fraction of sp³-hybridized carbons (Fsp3) is 0.100. The maximum atomic E-state index is 13.6. The largest absolute Gasteiger partial charge is 0.450 e. The van der Waals surface area contributed by atoms with E-state index < -0.39 is 11.7 Å². The molecule has 28 heavy (non-hydrogen) atoms. The van der Waals surface area contributed by atoms with Gasteiger partial charge in [0.25, 0.3) is 5.91 Å². The first-order chi connectivity index (χ1) is 13.4. The standard InChI is InChI=1S/C20H13Cl2FN2O3/c21-13-3-1-2-11(6-13)14-8-17(20(27)25-9-18(26)24-10-25)28-19(14)12-4-5-16(23)15(22)7-12/h1-8H,9-10H2,(H,24,26). The molecule has 1 aliphatic heterocycles. The van der Waals surface area contributed by atoms with Gasteiger partial charge in [-0.15, -0.1) is 0 Å². The summed E-state index contributed by atoms with van der Waals surface area (Å²) in [5.41, 5.74) is 1.84. The predicted octanol–water partition coefficient (Wildman–Crippen LogP) is 4.59. The summed E-state index contributed by atoms with van der Waals surface area (Å²) >= 11 is 12.0. The highest BCUT2D eigenvalue weighted by Crippen LogP contribution is 2.37. The lowest BCUT2D eigenvalue weighted by Crippen LogP contribution is -2.29. The van der Waals surface area contributed by atoms with E-state index in [1.165, 1.54) is 23.1 Å². The van der Waals surface area contributed by atoms with E-state index >= 15 is 0 Å². The minimum absolute atomic E-state index is 0.0380. The number of carbonyl (C=O) groups excluding carboxylic acids is 2. The van der Waals surface area contributed by atoms with Crippen LogP contribution in [0.1, 0.15) is 10.6 Å². The Morgan fingerprint density at radius 1 is 1.11 bits per heavy atom. The fourth-order valence-electron chi connectivity index (χ4n) is 2.99. The van der Waals surface area contributed by atoms with Gasteiger partial charge in [-0.1, -0.05) is 35.3 Å². The third kappa shape index (κ3) is 3.48. The number of amides is 2. The molecule has 0 saturated carbocycles. The topological polar surface area (TPSA) is 62.6 Å². The number of nitrogens with zero attached hydrogens (tertiary/aromatic N) is 1. The van der Waals surface area contributed by atoms with Crippen LogP contribution in [0.3, 0.4) is 0 Å². The van der Waals surface area contributed by atoms with Gasteiger partial charge in [0.2, 0.25) is 5.91 Å². The van der Waals surface area contributed by atoms with E-state index in [9.17, 15) is 14.0 Å². The first-order valence-corrected chi connectivity index (χ1v) is 9.09. The number of furan rings is 1. The quantitative estimate of drug-likeness (QED) is 0.676. The van der Waals surface area contributed by atoms with Gasteiger partial charge < -0.3 is 14.6 Å². The zero-order valence-corrected chi connectivity index (χ0v) is 15.9. The van der Waals surface area contributed by atoms with Crippen molar-refractivity contribution in [2.45, 2.75) is 0 Å². The molecule has 1 fully saturated rings. The van der Waals surface area contributed by atoms with Crippen LogP contribution in [0, 0.1) is 5.82 Å². The number of carbonyl (C=O) groups is 2. The van der Waals surface area contributed by atoms with E-state index in [1.54, 1.807) is 24.3 Å². The van der Waals surface area contributed by atoms with E-state index in [1.807, 2.05) is 6.07 Å². The van der Waals surface area contributed by atoms with Crippen LogP contribution in [0.15, 0.2) is 52.9 Å². The molecule has 142 valence electrons. The average molecular weight is 419 g/mol. The maximum absolute atomic E-state index is 13.6. The average Bonchev–Trinajstić information content (AvgIpc) is 3.30. The van der Waals surface area contributed by atoms with Crippen molar-refractivity contribution in [1.29, 1.82) is 0 Å². The van der Waals surface area contributed by atoms with E-state index in [-0.39, 0.29) is 29.9 Å². The highest BCUT2D eigenvalue weighted by molar-refractivity contribution is 6.31. The predicted molar refractivity (Wildman–Crippen MR) is 104 cm³/mol. The Balaban J connectivity index is 1.83. The lowest BCUT2D eigenvalue weighted by atomic mass is 10.0. The lowest BCUT2D eigenvalue weighted by molar-refractivity contribution is -0.118. The lowest BCUT2D eigenvalue weighted by Gasteiger charge is -2.10. The van der Waals surface area contributed by atoms with Gasteiger partial charge in [0, 0.05) is 16.1 Å². The molecule has 3 aromatic rings. The second kappa shape index (κ2) is 7.30. The minimum atomic E-state index is -0.556. The Kier molecular flexibility index (Phi) is 4.83. The van der Waals surface area contributed by atoms with Crippen molar-refractivity contribution in [3.05, 3.63) is 70.2 Å². The van der Waals surface area contributed by atoms with E-state index in [4.69, 9.17) is 27.6 Å². The molecule has 1 N–H and O–H groups in total. The zero-order valence-electron chi connectivity index (χ0n) is 14.3. The summed E-state index contributed by atoms with van der Waals surface area (Å²) in [6.07, 6.45) is 0. The monoisotopic (exact) mass is 418 g/mol. The molecule has 8 heteroatoms. The molecule has 0 spiro atoms. The first kappa shape index (κ1) is 18.5. The summed E-state index contributed by atoms with van der Waals surface area (Å²) in [4.78, 5) is 25.5. The van der Waals surface area contributed by atoms with Gasteiger partial charge in [0.05, 0.1) is 11.7 Å². The Bertz CT molecular complexity index is 1100. The fourth-order valence-corrected chi connectivity index (χ4v) is 3.36. The van der Waals surface area contributed by atoms with Gasteiger partial charge in [-0.25, -0.2) is 4.39 Å². The van der Waals surface area contributed by atoms with Gasteiger partial charge in [0.15, 0.2) is 5.76 Å². The molecule has 1 aliphatic rings. The van der Waals surface area contributed by atoms with Gasteiger partial charge in [-0.2, -0.15) is 0 Å². The molecule has 0 atom stereocenters. The molecule has 4 rings (SSSR count). The Labute approximate surface area is 169 Å². The van der Waals surface area contributed by atoms with Gasteiger partial charge in [-0.3, -0.25) is 9.59 Å². The third-order valence-electron chi connectivity index (χ3n) is 4.35. The van der Waals surface area contributed by atoms with Crippen molar-refractivity contribution in [2.24, 2.45) is 0 Å². The van der Waals surface area contributed by atoms with E-state index in [0.717, 1.165) is 5.56 Å². The van der Waals surface area contributed by atoms with Gasteiger partial charge >= 0.3 is 0 Å². The molecule has 1 aromatic heterocycles. The summed E-state index contributed by atoms with van der Waals surface area (Å²) < 4.78 is 19.4. The van der Waals surface area contributed by atoms with E-state index in [2.05, 4.69) is 5.32 Å². The molecule has 5 nitrogen and oxygen atoms in total. The first-order valence-electron chi connectivity index (χ1n) is 8.33. The zero-order chi connectivity index (χ0) is 19.8. The van der Waals surface area contributed by atoms with Crippen molar-refractivity contribution in [1.82, 2.24) is 10.2 Å². The van der Waals surface area contributed by atoms with Crippen LogP contribution in [0.25, 0.3) is 22.5 Å². The summed E-state index contributed by atoms with van der Waals surface area (Å²) in [5.74, 6) is -0.811. The number of benzene rings is 2. The highest BCUT2D eigenvalue weighted by Gasteiger charge is 2.28. The van der Waals surface area contributed by atoms with Crippen molar-refractivity contribution < 1.29 is 18.4 Å². The van der Waals surface area contributed by atoms with E-state index in [0.29, 0.717) is 21.9 Å². The second-order valence-corrected chi connectivity index (χ2v) is 7.10. The van der Waals surface area contributed by atoms with Crippen molar-refractivity contribution in [2.75, 3.05) is 13.2 Å². The van der Waals surface area contributed by atoms with Gasteiger partial charge in [-0.05, 0) is 42.0 Å². The summed E-state index contributed by atoms with van der Waals surface area (Å²) in [7, 11) is 0. The molecule has 0 aliphatic carbocycles. The van der Waals surface area contributed by atoms with Crippen LogP contribution in [0.2, 0.25) is 10.0 Å². The van der Waals surface area contributed by atoms with Crippen LogP contribution in [0.4, 0.5) is 4.39 Å². The SMILES string of the molecule is O=C1CN(C(=O)c2cc(-c3cccc(Cl)c3)c(-c3ccc(F)c(Cl)c3)o2)CN1. The van der Waals surface area contributed by atoms with Crippen LogP contribution in [-0.2, 0) is 4.79 Å². The third-order valence-corrected chi connectivity index (χ3v) is 4.87. The molecular weight excluding hydrogens is 406 g/mol. The van der Waals surface area contributed by atoms with Crippen LogP contribution in [0.5, 0.6) is 0 Å². The Hall–Kier alpha value is -2.83. The summed E-state index contributed by atoms with van der Waals surface area (Å²) in [6, 6.07) is 12.8.